The minimum Gasteiger partial charge on any atom is -0.481 e. The van der Waals surface area contributed by atoms with Crippen LogP contribution in [-0.2, 0) is 11.2 Å². The number of aromatic nitrogens is 2. The molecule has 0 radical (unpaired) electrons. The van der Waals surface area contributed by atoms with Gasteiger partial charge in [0.1, 0.15) is 5.15 Å². The molecule has 0 saturated heterocycles. The second-order valence-electron chi connectivity index (χ2n) is 3.41. The first-order valence-electron chi connectivity index (χ1n) is 5.07. The van der Waals surface area contributed by atoms with Gasteiger partial charge in [0, 0.05) is 6.07 Å². The molecule has 7 heteroatoms. The number of hydrogen-bond acceptors (Lipinski definition) is 5. The first-order valence-corrected chi connectivity index (χ1v) is 6.39. The van der Waals surface area contributed by atoms with Gasteiger partial charge in [-0.15, -0.1) is 0 Å². The molecule has 0 aromatic carbocycles. The molecule has 0 fully saturated rings. The highest BCUT2D eigenvalue weighted by atomic mass is 35.5. The highest BCUT2D eigenvalue weighted by molar-refractivity contribution is 7.08. The summed E-state index contributed by atoms with van der Waals surface area (Å²) in [6, 6.07) is 3.36. The van der Waals surface area contributed by atoms with Crippen LogP contribution in [0.15, 0.2) is 22.9 Å². The Morgan fingerprint density at radius 2 is 2.39 bits per heavy atom. The van der Waals surface area contributed by atoms with Crippen molar-refractivity contribution >= 4 is 34.8 Å². The van der Waals surface area contributed by atoms with Crippen molar-refractivity contribution in [1.82, 2.24) is 9.97 Å². The lowest BCUT2D eigenvalue weighted by atomic mass is 10.2. The highest BCUT2D eigenvalue weighted by Crippen LogP contribution is 2.16. The number of thiophene rings is 1. The van der Waals surface area contributed by atoms with E-state index in [4.69, 9.17) is 16.3 Å². The zero-order valence-electron chi connectivity index (χ0n) is 9.51. The topological polar surface area (TPSA) is 64.1 Å². The van der Waals surface area contributed by atoms with Gasteiger partial charge in [0.2, 0.25) is 17.7 Å². The molecular weight excluding hydrogens is 274 g/mol. The van der Waals surface area contributed by atoms with E-state index in [1.54, 1.807) is 11.3 Å². The molecule has 0 atom stereocenters. The van der Waals surface area contributed by atoms with E-state index in [0.29, 0.717) is 5.88 Å². The van der Waals surface area contributed by atoms with E-state index in [0.717, 1.165) is 5.56 Å². The Morgan fingerprint density at radius 3 is 3.06 bits per heavy atom. The summed E-state index contributed by atoms with van der Waals surface area (Å²) in [6.07, 6.45) is 0.279. The van der Waals surface area contributed by atoms with Crippen LogP contribution in [0.2, 0.25) is 5.15 Å². The van der Waals surface area contributed by atoms with Crippen LogP contribution in [-0.4, -0.2) is 23.0 Å². The summed E-state index contributed by atoms with van der Waals surface area (Å²) in [5.41, 5.74) is 0.950. The van der Waals surface area contributed by atoms with E-state index >= 15 is 0 Å². The molecule has 0 aliphatic heterocycles. The van der Waals surface area contributed by atoms with E-state index < -0.39 is 0 Å². The summed E-state index contributed by atoms with van der Waals surface area (Å²) >= 11 is 7.32. The number of amides is 1. The number of methoxy groups -OCH3 is 1. The van der Waals surface area contributed by atoms with Gasteiger partial charge in [-0.3, -0.25) is 10.1 Å². The van der Waals surface area contributed by atoms with E-state index in [1.165, 1.54) is 13.2 Å². The molecule has 1 amide bonds. The van der Waals surface area contributed by atoms with Crippen molar-refractivity contribution < 1.29 is 9.53 Å². The van der Waals surface area contributed by atoms with Crippen LogP contribution in [0.3, 0.4) is 0 Å². The Bertz CT molecular complexity index is 545. The Kier molecular flexibility index (Phi) is 4.11. The maximum absolute atomic E-state index is 11.7. The summed E-state index contributed by atoms with van der Waals surface area (Å²) in [6.45, 7) is 0. The van der Waals surface area contributed by atoms with Crippen molar-refractivity contribution in [3.8, 4) is 5.88 Å². The van der Waals surface area contributed by atoms with Crippen molar-refractivity contribution in [2.24, 2.45) is 0 Å². The number of anilines is 1. The Labute approximate surface area is 113 Å². The van der Waals surface area contributed by atoms with Crippen LogP contribution in [0.5, 0.6) is 5.88 Å². The molecule has 2 aromatic rings. The normalized spacial score (nSPS) is 10.1. The summed E-state index contributed by atoms with van der Waals surface area (Å²) in [5, 5.41) is 6.62. The van der Waals surface area contributed by atoms with Crippen LogP contribution in [0.25, 0.3) is 0 Å². The van der Waals surface area contributed by atoms with Gasteiger partial charge in [0.25, 0.3) is 0 Å². The molecule has 0 aliphatic rings. The van der Waals surface area contributed by atoms with Crippen molar-refractivity contribution in [1.29, 1.82) is 0 Å². The second-order valence-corrected chi connectivity index (χ2v) is 4.58. The van der Waals surface area contributed by atoms with Crippen molar-refractivity contribution in [3.05, 3.63) is 33.6 Å². The van der Waals surface area contributed by atoms with Gasteiger partial charge >= 0.3 is 0 Å². The number of halogens is 1. The lowest BCUT2D eigenvalue weighted by molar-refractivity contribution is -0.115. The zero-order chi connectivity index (χ0) is 13.0. The molecule has 2 aromatic heterocycles. The van der Waals surface area contributed by atoms with Gasteiger partial charge in [-0.2, -0.15) is 16.3 Å². The highest BCUT2D eigenvalue weighted by Gasteiger charge is 2.08. The van der Waals surface area contributed by atoms with Gasteiger partial charge in [-0.05, 0) is 22.4 Å². The monoisotopic (exact) mass is 283 g/mol. The standard InChI is InChI=1S/C11H10ClN3O2S/c1-17-10-5-8(12)13-11(15-10)14-9(16)4-7-2-3-18-6-7/h2-3,5-6H,4H2,1H3,(H,13,14,15,16). The van der Waals surface area contributed by atoms with Crippen LogP contribution >= 0.6 is 22.9 Å². The summed E-state index contributed by atoms with van der Waals surface area (Å²) in [5.74, 6) is 0.248. The number of nitrogens with zero attached hydrogens (tertiary/aromatic N) is 2. The maximum Gasteiger partial charge on any atom is 0.234 e. The van der Waals surface area contributed by atoms with Gasteiger partial charge in [0.15, 0.2) is 0 Å². The Balaban J connectivity index is 2.04. The average Bonchev–Trinajstić information content (AvgIpc) is 2.80. The molecule has 18 heavy (non-hydrogen) atoms. The first-order chi connectivity index (χ1) is 8.67. The van der Waals surface area contributed by atoms with Crippen molar-refractivity contribution in [3.63, 3.8) is 0 Å². The Morgan fingerprint density at radius 1 is 1.56 bits per heavy atom. The van der Waals surface area contributed by atoms with E-state index in [2.05, 4.69) is 15.3 Å². The minimum atomic E-state index is -0.197. The third-order valence-electron chi connectivity index (χ3n) is 2.08. The van der Waals surface area contributed by atoms with Gasteiger partial charge in [-0.25, -0.2) is 4.98 Å². The third-order valence-corrected chi connectivity index (χ3v) is 3.00. The molecule has 0 bridgehead atoms. The molecule has 2 rings (SSSR count). The molecule has 94 valence electrons. The molecule has 0 spiro atoms. The van der Waals surface area contributed by atoms with Gasteiger partial charge in [-0.1, -0.05) is 11.6 Å². The predicted octanol–water partition coefficient (Wildman–Crippen LogP) is 2.38. The Hall–Kier alpha value is -1.66. The fourth-order valence-electron chi connectivity index (χ4n) is 1.30. The second kappa shape index (κ2) is 5.79. The fourth-order valence-corrected chi connectivity index (χ4v) is 2.15. The van der Waals surface area contributed by atoms with Crippen molar-refractivity contribution in [2.75, 3.05) is 12.4 Å². The van der Waals surface area contributed by atoms with Crippen LogP contribution < -0.4 is 10.1 Å². The molecular formula is C11H10ClN3O2S. The summed E-state index contributed by atoms with van der Waals surface area (Å²) in [4.78, 5) is 19.6. The molecule has 0 unspecified atom stereocenters. The molecule has 0 saturated carbocycles. The van der Waals surface area contributed by atoms with Crippen molar-refractivity contribution in [2.45, 2.75) is 6.42 Å². The number of carbonyl (C=O) groups excluding carboxylic acids is 1. The smallest absolute Gasteiger partial charge is 0.234 e. The van der Waals surface area contributed by atoms with Gasteiger partial charge in [0.05, 0.1) is 13.5 Å². The molecule has 0 aliphatic carbocycles. The fraction of sp³-hybridized carbons (Fsp3) is 0.182. The number of rotatable bonds is 4. The molecule has 1 N–H and O–H groups in total. The summed E-state index contributed by atoms with van der Waals surface area (Å²) in [7, 11) is 1.47. The van der Waals surface area contributed by atoms with Crippen LogP contribution in [0, 0.1) is 0 Å². The van der Waals surface area contributed by atoms with Crippen LogP contribution in [0.1, 0.15) is 5.56 Å². The molecule has 2 heterocycles. The van der Waals surface area contributed by atoms with E-state index in [-0.39, 0.29) is 23.4 Å². The van der Waals surface area contributed by atoms with E-state index in [1.807, 2.05) is 16.8 Å². The first kappa shape index (κ1) is 12.8. The number of hydrogen-bond donors (Lipinski definition) is 1. The predicted molar refractivity (Wildman–Crippen MR) is 70.2 cm³/mol. The quantitative estimate of drug-likeness (QED) is 0.875. The third kappa shape index (κ3) is 3.41. The largest absolute Gasteiger partial charge is 0.481 e. The van der Waals surface area contributed by atoms with Gasteiger partial charge < -0.3 is 4.74 Å². The average molecular weight is 284 g/mol. The van der Waals surface area contributed by atoms with Crippen LogP contribution in [0.4, 0.5) is 5.95 Å². The SMILES string of the molecule is COc1cc(Cl)nc(NC(=O)Cc2ccsc2)n1. The lowest BCUT2D eigenvalue weighted by Crippen LogP contribution is -2.16. The minimum absolute atomic E-state index is 0.138. The molecule has 5 nitrogen and oxygen atoms in total. The lowest BCUT2D eigenvalue weighted by Gasteiger charge is -2.05. The van der Waals surface area contributed by atoms with E-state index in [9.17, 15) is 4.79 Å². The summed E-state index contributed by atoms with van der Waals surface area (Å²) < 4.78 is 4.94. The number of ether oxygens (including phenoxy) is 1. The number of carbonyl (C=O) groups is 1. The zero-order valence-corrected chi connectivity index (χ0v) is 11.1. The maximum atomic E-state index is 11.7. The number of nitrogens with one attached hydrogen (secondary N) is 1.